The number of amides is 1. The van der Waals surface area contributed by atoms with Gasteiger partial charge < -0.3 is 25.8 Å². The Hall–Kier alpha value is -2.20. The lowest BCUT2D eigenvalue weighted by molar-refractivity contribution is 0.0913. The van der Waals surface area contributed by atoms with Gasteiger partial charge in [0.05, 0.1) is 18.2 Å². The van der Waals surface area contributed by atoms with Gasteiger partial charge in [-0.3, -0.25) is 9.79 Å². The molecule has 3 rings (SSSR count). The highest BCUT2D eigenvalue weighted by Gasteiger charge is 2.26. The smallest absolute Gasteiger partial charge is 0.289 e. The molecule has 1 aromatic carbocycles. The van der Waals surface area contributed by atoms with Crippen molar-refractivity contribution in [3.63, 3.8) is 0 Å². The number of aliphatic imine (C=N–C) groups is 1. The SMILES string of the molecule is CCOCCNC(=O)c1nc(N[C@H]2CCCC[C@H]2N=C(N)COC)c2cc(C)ccc2n1.Cl.Cl. The van der Waals surface area contributed by atoms with Gasteiger partial charge >= 0.3 is 0 Å². The molecule has 2 atom stereocenters. The number of hydrogen-bond donors (Lipinski definition) is 3. The summed E-state index contributed by atoms with van der Waals surface area (Å²) in [7, 11) is 1.61. The van der Waals surface area contributed by atoms with E-state index in [0.717, 1.165) is 42.1 Å². The Balaban J connectivity index is 0.00000289. The maximum atomic E-state index is 12.7. The molecule has 34 heavy (non-hydrogen) atoms. The van der Waals surface area contributed by atoms with E-state index < -0.39 is 0 Å². The molecule has 0 aliphatic heterocycles. The number of nitrogens with two attached hydrogens (primary N) is 1. The summed E-state index contributed by atoms with van der Waals surface area (Å²) in [5.41, 5.74) is 7.84. The lowest BCUT2D eigenvalue weighted by atomic mass is 9.90. The first kappa shape index (κ1) is 29.8. The number of benzene rings is 1. The van der Waals surface area contributed by atoms with Crippen molar-refractivity contribution in [1.29, 1.82) is 0 Å². The van der Waals surface area contributed by atoms with E-state index >= 15 is 0 Å². The van der Waals surface area contributed by atoms with E-state index in [1.54, 1.807) is 7.11 Å². The molecule has 1 heterocycles. The van der Waals surface area contributed by atoms with E-state index in [0.29, 0.717) is 38.0 Å². The standard InChI is InChI=1S/C23H34N6O3.2ClH/c1-4-32-12-11-25-23(30)22-27-17-10-9-15(2)13-16(17)21(29-22)28-19-8-6-5-7-18(19)26-20(24)14-31-3;;/h9-10,13,18-19H,4-8,11-12,14H2,1-3H3,(H2,24,26)(H,25,30)(H,27,28,29);2*1H/t18-,19+;;/m1../s1. The van der Waals surface area contributed by atoms with Crippen LogP contribution >= 0.6 is 24.8 Å². The van der Waals surface area contributed by atoms with E-state index in [2.05, 4.69) is 25.6 Å². The zero-order chi connectivity index (χ0) is 22.9. The molecule has 1 fully saturated rings. The van der Waals surface area contributed by atoms with Gasteiger partial charge in [-0.15, -0.1) is 24.8 Å². The second-order valence-corrected chi connectivity index (χ2v) is 8.03. The molecule has 0 spiro atoms. The third kappa shape index (κ3) is 8.23. The number of aromatic nitrogens is 2. The van der Waals surface area contributed by atoms with Gasteiger partial charge in [-0.2, -0.15) is 0 Å². The van der Waals surface area contributed by atoms with Crippen LogP contribution in [0.4, 0.5) is 5.82 Å². The monoisotopic (exact) mass is 514 g/mol. The van der Waals surface area contributed by atoms with Crippen LogP contribution in [-0.2, 0) is 9.47 Å². The quantitative estimate of drug-likeness (QED) is 0.252. The predicted octanol–water partition coefficient (Wildman–Crippen LogP) is 3.27. The summed E-state index contributed by atoms with van der Waals surface area (Å²) >= 11 is 0. The number of amidine groups is 1. The molecule has 190 valence electrons. The lowest BCUT2D eigenvalue weighted by Gasteiger charge is -2.30. The summed E-state index contributed by atoms with van der Waals surface area (Å²) in [6.07, 6.45) is 4.08. The number of fused-ring (bicyclic) bond motifs is 1. The fourth-order valence-corrected chi connectivity index (χ4v) is 3.92. The number of halogens is 2. The zero-order valence-corrected chi connectivity index (χ0v) is 21.6. The second kappa shape index (κ2) is 14.9. The fourth-order valence-electron chi connectivity index (χ4n) is 3.92. The molecule has 1 amide bonds. The first-order chi connectivity index (χ1) is 15.5. The van der Waals surface area contributed by atoms with Crippen molar-refractivity contribution in [2.24, 2.45) is 10.7 Å². The van der Waals surface area contributed by atoms with Crippen LogP contribution in [0.25, 0.3) is 10.9 Å². The number of anilines is 1. The molecule has 1 aliphatic rings. The maximum Gasteiger partial charge on any atom is 0.289 e. The van der Waals surface area contributed by atoms with Crippen LogP contribution in [0, 0.1) is 6.92 Å². The molecular weight excluding hydrogens is 479 g/mol. The molecule has 1 saturated carbocycles. The van der Waals surface area contributed by atoms with Crippen molar-refractivity contribution < 1.29 is 14.3 Å². The Morgan fingerprint density at radius 2 is 2.00 bits per heavy atom. The summed E-state index contributed by atoms with van der Waals surface area (Å²) in [4.78, 5) is 26.5. The number of rotatable bonds is 10. The average molecular weight is 515 g/mol. The van der Waals surface area contributed by atoms with E-state index in [4.69, 9.17) is 15.2 Å². The minimum Gasteiger partial charge on any atom is -0.386 e. The molecule has 9 nitrogen and oxygen atoms in total. The van der Waals surface area contributed by atoms with E-state index in [-0.39, 0.29) is 48.6 Å². The van der Waals surface area contributed by atoms with Crippen LogP contribution in [0.1, 0.15) is 48.8 Å². The average Bonchev–Trinajstić information content (AvgIpc) is 2.78. The summed E-state index contributed by atoms with van der Waals surface area (Å²) in [6.45, 7) is 5.71. The Morgan fingerprint density at radius 1 is 1.24 bits per heavy atom. The van der Waals surface area contributed by atoms with E-state index in [9.17, 15) is 4.79 Å². The molecule has 1 aliphatic carbocycles. The van der Waals surface area contributed by atoms with Crippen molar-refractivity contribution in [2.75, 3.05) is 38.8 Å². The summed E-state index contributed by atoms with van der Waals surface area (Å²) in [6, 6.07) is 6.02. The summed E-state index contributed by atoms with van der Waals surface area (Å²) in [5, 5.41) is 7.27. The Labute approximate surface area is 213 Å². The number of carbonyl (C=O) groups excluding carboxylic acids is 1. The van der Waals surface area contributed by atoms with Gasteiger partial charge in [-0.25, -0.2) is 9.97 Å². The van der Waals surface area contributed by atoms with Gasteiger partial charge in [0.1, 0.15) is 18.3 Å². The molecule has 2 aromatic rings. The van der Waals surface area contributed by atoms with Crippen molar-refractivity contribution >= 4 is 53.3 Å². The van der Waals surface area contributed by atoms with Gasteiger partial charge in [0.15, 0.2) is 0 Å². The molecular formula is C23H36Cl2N6O3. The van der Waals surface area contributed by atoms with Gasteiger partial charge in [-0.05, 0) is 38.8 Å². The summed E-state index contributed by atoms with van der Waals surface area (Å²) < 4.78 is 10.4. The number of methoxy groups -OCH3 is 1. The van der Waals surface area contributed by atoms with Crippen molar-refractivity contribution in [3.05, 3.63) is 29.6 Å². The lowest BCUT2D eigenvalue weighted by Crippen LogP contribution is -2.38. The van der Waals surface area contributed by atoms with Crippen LogP contribution in [0.15, 0.2) is 23.2 Å². The molecule has 0 bridgehead atoms. The highest BCUT2D eigenvalue weighted by molar-refractivity contribution is 5.96. The minimum atomic E-state index is -0.321. The second-order valence-electron chi connectivity index (χ2n) is 8.03. The number of ether oxygens (including phenoxy) is 2. The highest BCUT2D eigenvalue weighted by atomic mass is 35.5. The number of carbonyl (C=O) groups is 1. The Bertz CT molecular complexity index is 960. The van der Waals surface area contributed by atoms with Crippen LogP contribution in [0.5, 0.6) is 0 Å². The van der Waals surface area contributed by atoms with Crippen LogP contribution in [0.3, 0.4) is 0 Å². The molecule has 0 saturated heterocycles. The highest BCUT2D eigenvalue weighted by Crippen LogP contribution is 2.28. The molecule has 4 N–H and O–H groups in total. The maximum absolute atomic E-state index is 12.7. The summed E-state index contributed by atoms with van der Waals surface area (Å²) in [5.74, 6) is 0.947. The van der Waals surface area contributed by atoms with Gasteiger partial charge in [-0.1, -0.05) is 24.5 Å². The van der Waals surface area contributed by atoms with E-state index in [1.165, 1.54) is 0 Å². The molecule has 11 heteroatoms. The number of hydrogen-bond acceptors (Lipinski definition) is 7. The first-order valence-corrected chi connectivity index (χ1v) is 11.2. The fraction of sp³-hybridized carbons (Fsp3) is 0.565. The molecule has 0 radical (unpaired) electrons. The van der Waals surface area contributed by atoms with Gasteiger partial charge in [0.2, 0.25) is 5.82 Å². The van der Waals surface area contributed by atoms with Crippen molar-refractivity contribution in [3.8, 4) is 0 Å². The van der Waals surface area contributed by atoms with Gasteiger partial charge in [0, 0.05) is 31.7 Å². The third-order valence-corrected chi connectivity index (χ3v) is 5.47. The van der Waals surface area contributed by atoms with Crippen LogP contribution < -0.4 is 16.4 Å². The normalized spacial score (nSPS) is 18.0. The molecule has 1 aromatic heterocycles. The first-order valence-electron chi connectivity index (χ1n) is 11.2. The topological polar surface area (TPSA) is 124 Å². The number of nitrogens with one attached hydrogen (secondary N) is 2. The third-order valence-electron chi connectivity index (χ3n) is 5.47. The van der Waals surface area contributed by atoms with Crippen LogP contribution in [-0.4, -0.2) is 67.3 Å². The van der Waals surface area contributed by atoms with Crippen molar-refractivity contribution in [1.82, 2.24) is 15.3 Å². The van der Waals surface area contributed by atoms with Crippen molar-refractivity contribution in [2.45, 2.75) is 51.6 Å². The zero-order valence-electron chi connectivity index (χ0n) is 20.0. The van der Waals surface area contributed by atoms with Crippen LogP contribution in [0.2, 0.25) is 0 Å². The Morgan fingerprint density at radius 3 is 2.74 bits per heavy atom. The number of nitrogens with zero attached hydrogens (tertiary/aromatic N) is 3. The minimum absolute atomic E-state index is 0. The predicted molar refractivity (Wildman–Crippen MR) is 141 cm³/mol. The molecule has 0 unspecified atom stereocenters. The Kier molecular flexibility index (Phi) is 13.1. The van der Waals surface area contributed by atoms with E-state index in [1.807, 2.05) is 32.0 Å². The van der Waals surface area contributed by atoms with Gasteiger partial charge in [0.25, 0.3) is 5.91 Å². The largest absolute Gasteiger partial charge is 0.386 e. The number of aryl methyl sites for hydroxylation is 1.